The third kappa shape index (κ3) is 11.0. The van der Waals surface area contributed by atoms with Crippen molar-refractivity contribution in [3.63, 3.8) is 0 Å². The van der Waals surface area contributed by atoms with Gasteiger partial charge in [0.05, 0.1) is 0 Å². The van der Waals surface area contributed by atoms with Crippen LogP contribution in [-0.2, 0) is 9.59 Å². The highest BCUT2D eigenvalue weighted by atomic mass is 32.1. The Morgan fingerprint density at radius 2 is 1.10 bits per heavy atom. The fraction of sp³-hybridized carbons (Fsp3) is 0.158. The Morgan fingerprint density at radius 3 is 1.32 bits per heavy atom. The second kappa shape index (κ2) is 14.0. The average Bonchev–Trinajstić information content (AvgIpc) is 2.70. The summed E-state index contributed by atoms with van der Waals surface area (Å²) in [5.41, 5.74) is 9.29. The summed E-state index contributed by atoms with van der Waals surface area (Å²) in [6.45, 7) is 0. The molecule has 2 amide bonds. The maximum absolute atomic E-state index is 12.9. The van der Waals surface area contributed by atoms with Crippen molar-refractivity contribution in [3.05, 3.63) is 70.8 Å². The molecule has 0 saturated carbocycles. The molecule has 0 aliphatic rings. The molecule has 0 aliphatic carbocycles. The maximum atomic E-state index is 12.9. The van der Waals surface area contributed by atoms with Crippen molar-refractivity contribution in [1.82, 2.24) is 10.6 Å². The highest BCUT2D eigenvalue weighted by molar-refractivity contribution is 7.81. The van der Waals surface area contributed by atoms with Gasteiger partial charge in [-0.3, -0.25) is 9.59 Å². The Bertz CT molecular complexity index is 883. The second-order valence-corrected chi connectivity index (χ2v) is 6.33. The van der Waals surface area contributed by atoms with Gasteiger partial charge in [0.2, 0.25) is 11.8 Å². The fourth-order valence-electron chi connectivity index (χ4n) is 1.78. The van der Waals surface area contributed by atoms with Gasteiger partial charge in [-0.25, -0.2) is 17.6 Å². The van der Waals surface area contributed by atoms with Crippen molar-refractivity contribution < 1.29 is 27.2 Å². The number of carbonyl (C=O) groups excluding carboxylic acids is 2. The Morgan fingerprint density at radius 1 is 0.774 bits per heavy atom. The molecule has 2 aromatic rings. The van der Waals surface area contributed by atoms with E-state index >= 15 is 0 Å². The molecule has 0 radical (unpaired) electrons. The summed E-state index contributed by atoms with van der Waals surface area (Å²) in [6, 6.07) is 6.33. The van der Waals surface area contributed by atoms with Gasteiger partial charge in [-0.2, -0.15) is 0 Å². The van der Waals surface area contributed by atoms with Gasteiger partial charge in [0, 0.05) is 25.2 Å². The normalized spacial score (nSPS) is 9.23. The van der Waals surface area contributed by atoms with Crippen molar-refractivity contribution in [3.8, 4) is 0 Å². The van der Waals surface area contributed by atoms with E-state index in [0.29, 0.717) is 0 Å². The molecule has 0 heterocycles. The first-order valence-corrected chi connectivity index (χ1v) is 9.15. The molecule has 0 spiro atoms. The van der Waals surface area contributed by atoms with E-state index < -0.39 is 35.1 Å². The van der Waals surface area contributed by atoms with Crippen LogP contribution in [0.25, 0.3) is 0 Å². The summed E-state index contributed by atoms with van der Waals surface area (Å²) in [5.74, 6) is -3.40. The molecule has 0 atom stereocenters. The molecule has 6 nitrogen and oxygen atoms in total. The molecule has 0 fully saturated rings. The lowest BCUT2D eigenvalue weighted by Gasteiger charge is -2.03. The zero-order valence-corrected chi connectivity index (χ0v) is 18.1. The van der Waals surface area contributed by atoms with Crippen LogP contribution in [0.2, 0.25) is 0 Å². The van der Waals surface area contributed by atoms with Gasteiger partial charge in [-0.1, -0.05) is 24.4 Å². The summed E-state index contributed by atoms with van der Waals surface area (Å²) in [4.78, 5) is 19.9. The monoisotopic (exact) mass is 476 g/mol. The van der Waals surface area contributed by atoms with Crippen molar-refractivity contribution in [2.24, 2.45) is 11.5 Å². The Kier molecular flexibility index (Phi) is 12.6. The van der Waals surface area contributed by atoms with Gasteiger partial charge >= 0.3 is 0 Å². The molecule has 2 rings (SSSR count). The van der Waals surface area contributed by atoms with Crippen molar-refractivity contribution >= 4 is 46.2 Å². The second-order valence-electron chi connectivity index (χ2n) is 5.52. The van der Waals surface area contributed by atoms with E-state index in [4.69, 9.17) is 24.4 Å². The Labute approximate surface area is 187 Å². The summed E-state index contributed by atoms with van der Waals surface area (Å²) >= 11 is 9.50. The van der Waals surface area contributed by atoms with E-state index in [-0.39, 0.29) is 27.5 Å². The number of nitrogens with two attached hydrogens (primary N) is 2. The first kappa shape index (κ1) is 27.9. The molecule has 2 aromatic carbocycles. The lowest BCUT2D eigenvalue weighted by atomic mass is 10.2. The molecular formula is C19H20F4N4O2S2. The Balaban J connectivity index is 0.000000454. The van der Waals surface area contributed by atoms with Crippen LogP contribution in [0.3, 0.4) is 0 Å². The smallest absolute Gasteiger partial charge is 0.226 e. The highest BCUT2D eigenvalue weighted by Gasteiger charge is 2.07. The summed E-state index contributed by atoms with van der Waals surface area (Å²) in [6.07, 6.45) is -0.361. The van der Waals surface area contributed by atoms with Gasteiger partial charge in [0.25, 0.3) is 0 Å². The molecule has 168 valence electrons. The van der Waals surface area contributed by atoms with Crippen LogP contribution < -0.4 is 22.1 Å². The van der Waals surface area contributed by atoms with Gasteiger partial charge < -0.3 is 22.1 Å². The van der Waals surface area contributed by atoms with E-state index in [9.17, 15) is 27.2 Å². The number of hydrogen-bond acceptors (Lipinski definition) is 4. The first-order chi connectivity index (χ1) is 14.4. The number of nitrogens with one attached hydrogen (secondary N) is 2. The Hall–Kier alpha value is -3.12. The molecule has 12 heteroatoms. The number of halogens is 4. The number of hydrogen-bond donors (Lipinski definition) is 4. The van der Waals surface area contributed by atoms with Crippen LogP contribution in [-0.4, -0.2) is 35.9 Å². The predicted octanol–water partition coefficient (Wildman–Crippen LogP) is 2.07. The minimum absolute atomic E-state index is 0.0903. The van der Waals surface area contributed by atoms with Crippen LogP contribution in [0, 0.1) is 23.3 Å². The minimum Gasteiger partial charge on any atom is -0.379 e. The molecule has 0 aliphatic heterocycles. The third-order valence-corrected chi connectivity index (χ3v) is 4.00. The summed E-state index contributed by atoms with van der Waals surface area (Å²) in [7, 11) is 3.12. The van der Waals surface area contributed by atoms with Crippen LogP contribution in [0.1, 0.15) is 17.5 Å². The summed E-state index contributed by atoms with van der Waals surface area (Å²) < 4.78 is 51.0. The standard InChI is InChI=1S/2C8H7F2NS.C3H6N2O2/c2*1-11-8(12)6-4-5(9)2-3-7(6)10;4-2(6)1-3(5)7/h2*2-4H,1H3,(H,11,12);1H2,(H2,4,6)(H2,5,7). The largest absolute Gasteiger partial charge is 0.379 e. The molecule has 0 saturated heterocycles. The molecule has 0 bridgehead atoms. The lowest BCUT2D eigenvalue weighted by Crippen LogP contribution is -2.21. The van der Waals surface area contributed by atoms with Crippen molar-refractivity contribution in [2.75, 3.05) is 14.1 Å². The average molecular weight is 477 g/mol. The van der Waals surface area contributed by atoms with Crippen LogP contribution in [0.4, 0.5) is 17.6 Å². The zero-order chi connectivity index (χ0) is 24.1. The topological polar surface area (TPSA) is 110 Å². The molecular weight excluding hydrogens is 456 g/mol. The van der Waals surface area contributed by atoms with E-state index in [2.05, 4.69) is 22.1 Å². The fourth-order valence-corrected chi connectivity index (χ4v) is 2.10. The minimum atomic E-state index is -0.687. The first-order valence-electron chi connectivity index (χ1n) is 8.33. The van der Waals surface area contributed by atoms with Gasteiger partial charge in [-0.15, -0.1) is 0 Å². The number of amides is 2. The van der Waals surface area contributed by atoms with Crippen LogP contribution in [0.15, 0.2) is 36.4 Å². The number of benzene rings is 2. The molecule has 6 N–H and O–H groups in total. The van der Waals surface area contributed by atoms with E-state index in [1.165, 1.54) is 0 Å². The lowest BCUT2D eigenvalue weighted by molar-refractivity contribution is -0.125. The number of carbonyl (C=O) groups is 2. The SMILES string of the molecule is CNC(=S)c1cc(F)ccc1F.CNC(=S)c1cc(F)ccc1F.NC(=O)CC(N)=O. The number of primary amides is 2. The molecule has 31 heavy (non-hydrogen) atoms. The molecule has 0 aromatic heterocycles. The van der Waals surface area contributed by atoms with Crippen molar-refractivity contribution in [1.29, 1.82) is 0 Å². The van der Waals surface area contributed by atoms with E-state index in [1.807, 2.05) is 0 Å². The van der Waals surface area contributed by atoms with Gasteiger partial charge in [0.1, 0.15) is 39.7 Å². The van der Waals surface area contributed by atoms with Gasteiger partial charge in [0.15, 0.2) is 0 Å². The van der Waals surface area contributed by atoms with Crippen LogP contribution >= 0.6 is 24.4 Å². The maximum Gasteiger partial charge on any atom is 0.226 e. The molecule has 0 unspecified atom stereocenters. The summed E-state index contributed by atoms with van der Waals surface area (Å²) in [5, 5.41) is 5.15. The van der Waals surface area contributed by atoms with Crippen molar-refractivity contribution in [2.45, 2.75) is 6.42 Å². The van der Waals surface area contributed by atoms with E-state index in [0.717, 1.165) is 36.4 Å². The third-order valence-electron chi connectivity index (χ3n) is 3.15. The van der Waals surface area contributed by atoms with E-state index in [1.54, 1.807) is 14.1 Å². The van der Waals surface area contributed by atoms with Gasteiger partial charge in [-0.05, 0) is 36.4 Å². The van der Waals surface area contributed by atoms with Crippen LogP contribution in [0.5, 0.6) is 0 Å². The number of rotatable bonds is 4. The highest BCUT2D eigenvalue weighted by Crippen LogP contribution is 2.10. The number of thiocarbonyl (C=S) groups is 2. The zero-order valence-electron chi connectivity index (χ0n) is 16.5. The predicted molar refractivity (Wildman–Crippen MR) is 117 cm³/mol. The quantitative estimate of drug-likeness (QED) is 0.306.